The lowest BCUT2D eigenvalue weighted by Crippen LogP contribution is -2.28. The number of carbonyl (C=O) groups excluding carboxylic acids is 1. The third kappa shape index (κ3) is 3.94. The minimum Gasteiger partial charge on any atom is -0.491 e. The van der Waals surface area contributed by atoms with Crippen LogP contribution in [0.1, 0.15) is 42.7 Å². The molecule has 1 aromatic heterocycles. The Morgan fingerprint density at radius 1 is 1.04 bits per heavy atom. The van der Waals surface area contributed by atoms with Gasteiger partial charge in [0.1, 0.15) is 5.75 Å². The van der Waals surface area contributed by atoms with Gasteiger partial charge < -0.3 is 15.0 Å². The smallest absolute Gasteiger partial charge is 0.252 e. The Balaban J connectivity index is 1.81. The molecule has 2 aromatic carbocycles. The van der Waals surface area contributed by atoms with Crippen molar-refractivity contribution >= 4 is 16.8 Å². The monoisotopic (exact) mass is 350 g/mol. The zero-order valence-electron chi connectivity index (χ0n) is 15.1. The van der Waals surface area contributed by atoms with Gasteiger partial charge in [-0.05, 0) is 44.5 Å². The summed E-state index contributed by atoms with van der Waals surface area (Å²) in [5.41, 5.74) is 1.68. The third-order valence-corrected chi connectivity index (χ3v) is 4.09. The third-order valence-electron chi connectivity index (χ3n) is 4.09. The number of hydrogen-bond acceptors (Lipinski definition) is 3. The summed E-state index contributed by atoms with van der Waals surface area (Å²) in [7, 11) is 0. The van der Waals surface area contributed by atoms with Crippen molar-refractivity contribution in [1.82, 2.24) is 10.3 Å². The molecule has 0 radical (unpaired) electrons. The Kier molecular flexibility index (Phi) is 5.07. The summed E-state index contributed by atoms with van der Waals surface area (Å²) in [5.74, 6) is 0.519. The molecule has 0 aliphatic heterocycles. The lowest BCUT2D eigenvalue weighted by Gasteiger charge is -2.16. The standard InChI is InChI=1S/C21H22N2O3/c1-13(2)26-16-10-8-15(9-11-16)14(3)22-21(25)18-12-20(24)23-19-7-5-4-6-17(18)19/h4-14H,1-3H3,(H,22,25)(H,23,24). The van der Waals surface area contributed by atoms with Crippen molar-refractivity contribution in [1.29, 1.82) is 0 Å². The van der Waals surface area contributed by atoms with Gasteiger partial charge in [0, 0.05) is 17.0 Å². The second kappa shape index (κ2) is 7.44. The number of para-hydroxylation sites is 1. The number of aromatic amines is 1. The van der Waals surface area contributed by atoms with E-state index in [9.17, 15) is 9.59 Å². The van der Waals surface area contributed by atoms with E-state index in [-0.39, 0.29) is 23.6 Å². The molecule has 0 aliphatic rings. The molecule has 1 atom stereocenters. The van der Waals surface area contributed by atoms with E-state index in [0.717, 1.165) is 16.7 Å². The Morgan fingerprint density at radius 3 is 2.42 bits per heavy atom. The number of H-pyrrole nitrogens is 1. The van der Waals surface area contributed by atoms with Crippen molar-refractivity contribution in [2.45, 2.75) is 32.9 Å². The van der Waals surface area contributed by atoms with Crippen LogP contribution in [0.15, 0.2) is 59.4 Å². The fourth-order valence-corrected chi connectivity index (χ4v) is 2.86. The van der Waals surface area contributed by atoms with Gasteiger partial charge in [-0.15, -0.1) is 0 Å². The SMILES string of the molecule is CC(C)Oc1ccc(C(C)NC(=O)c2cc(=O)[nH]c3ccccc23)cc1. The Labute approximate surface area is 152 Å². The zero-order chi connectivity index (χ0) is 18.7. The predicted octanol–water partition coefficient (Wildman–Crippen LogP) is 3.81. The van der Waals surface area contributed by atoms with E-state index in [1.807, 2.05) is 63.2 Å². The number of nitrogens with one attached hydrogen (secondary N) is 2. The molecule has 0 bridgehead atoms. The zero-order valence-corrected chi connectivity index (χ0v) is 15.1. The maximum absolute atomic E-state index is 12.7. The first-order valence-electron chi connectivity index (χ1n) is 8.63. The number of hydrogen-bond donors (Lipinski definition) is 2. The number of pyridine rings is 1. The largest absolute Gasteiger partial charge is 0.491 e. The van der Waals surface area contributed by atoms with E-state index >= 15 is 0 Å². The fourth-order valence-electron chi connectivity index (χ4n) is 2.86. The maximum Gasteiger partial charge on any atom is 0.252 e. The number of aromatic nitrogens is 1. The summed E-state index contributed by atoms with van der Waals surface area (Å²) in [4.78, 5) is 27.3. The highest BCUT2D eigenvalue weighted by atomic mass is 16.5. The Bertz CT molecular complexity index is 974. The molecule has 1 unspecified atom stereocenters. The van der Waals surface area contributed by atoms with E-state index < -0.39 is 0 Å². The molecule has 1 amide bonds. The summed E-state index contributed by atoms with van der Waals surface area (Å²) >= 11 is 0. The van der Waals surface area contributed by atoms with E-state index in [1.165, 1.54) is 6.07 Å². The van der Waals surface area contributed by atoms with Crippen LogP contribution in [0.5, 0.6) is 5.75 Å². The summed E-state index contributed by atoms with van der Waals surface area (Å²) in [5, 5.41) is 3.68. The second-order valence-electron chi connectivity index (χ2n) is 6.52. The van der Waals surface area contributed by atoms with E-state index in [0.29, 0.717) is 11.1 Å². The Morgan fingerprint density at radius 2 is 1.73 bits per heavy atom. The van der Waals surface area contributed by atoms with Gasteiger partial charge in [-0.1, -0.05) is 30.3 Å². The summed E-state index contributed by atoms with van der Waals surface area (Å²) in [6.07, 6.45) is 0.113. The van der Waals surface area contributed by atoms with Crippen LogP contribution in [0, 0.1) is 0 Å². The highest BCUT2D eigenvalue weighted by Gasteiger charge is 2.15. The molecule has 0 saturated carbocycles. The maximum atomic E-state index is 12.7. The lowest BCUT2D eigenvalue weighted by atomic mass is 10.1. The van der Waals surface area contributed by atoms with Gasteiger partial charge in [-0.3, -0.25) is 9.59 Å². The molecule has 3 aromatic rings. The summed E-state index contributed by atoms with van der Waals surface area (Å²) < 4.78 is 5.64. The first-order valence-corrected chi connectivity index (χ1v) is 8.63. The first-order chi connectivity index (χ1) is 12.4. The van der Waals surface area contributed by atoms with Crippen LogP contribution in [0.2, 0.25) is 0 Å². The van der Waals surface area contributed by atoms with Crippen molar-refractivity contribution in [2.75, 3.05) is 0 Å². The van der Waals surface area contributed by atoms with Gasteiger partial charge in [0.15, 0.2) is 0 Å². The van der Waals surface area contributed by atoms with Crippen LogP contribution in [-0.4, -0.2) is 17.0 Å². The topological polar surface area (TPSA) is 71.2 Å². The van der Waals surface area contributed by atoms with Crippen LogP contribution in [0.3, 0.4) is 0 Å². The van der Waals surface area contributed by atoms with E-state index in [2.05, 4.69) is 10.3 Å². The van der Waals surface area contributed by atoms with Crippen LogP contribution in [0.25, 0.3) is 10.9 Å². The summed E-state index contributed by atoms with van der Waals surface area (Å²) in [6.45, 7) is 5.86. The van der Waals surface area contributed by atoms with Crippen molar-refractivity contribution in [3.8, 4) is 5.75 Å². The molecular formula is C21H22N2O3. The molecule has 2 N–H and O–H groups in total. The predicted molar refractivity (Wildman–Crippen MR) is 103 cm³/mol. The second-order valence-corrected chi connectivity index (χ2v) is 6.52. The normalized spacial score (nSPS) is 12.2. The minimum absolute atomic E-state index is 0.113. The number of benzene rings is 2. The van der Waals surface area contributed by atoms with Gasteiger partial charge in [-0.2, -0.15) is 0 Å². The number of ether oxygens (including phenoxy) is 1. The molecule has 26 heavy (non-hydrogen) atoms. The lowest BCUT2D eigenvalue weighted by molar-refractivity contribution is 0.0941. The molecule has 5 nitrogen and oxygen atoms in total. The molecule has 1 heterocycles. The molecule has 134 valence electrons. The van der Waals surface area contributed by atoms with Gasteiger partial charge >= 0.3 is 0 Å². The van der Waals surface area contributed by atoms with Crippen molar-refractivity contribution < 1.29 is 9.53 Å². The van der Waals surface area contributed by atoms with Crippen molar-refractivity contribution in [3.05, 3.63) is 76.1 Å². The summed E-state index contributed by atoms with van der Waals surface area (Å²) in [6, 6.07) is 16.0. The van der Waals surface area contributed by atoms with Crippen molar-refractivity contribution in [3.63, 3.8) is 0 Å². The molecule has 0 spiro atoms. The quantitative estimate of drug-likeness (QED) is 0.735. The van der Waals surface area contributed by atoms with Crippen LogP contribution < -0.4 is 15.6 Å². The fraction of sp³-hybridized carbons (Fsp3) is 0.238. The average Bonchev–Trinajstić information content (AvgIpc) is 2.61. The molecule has 0 fully saturated rings. The van der Waals surface area contributed by atoms with E-state index in [4.69, 9.17) is 4.74 Å². The van der Waals surface area contributed by atoms with Gasteiger partial charge in [-0.25, -0.2) is 0 Å². The van der Waals surface area contributed by atoms with Gasteiger partial charge in [0.2, 0.25) is 5.56 Å². The van der Waals surface area contributed by atoms with Gasteiger partial charge in [0.25, 0.3) is 5.91 Å². The number of rotatable bonds is 5. The van der Waals surface area contributed by atoms with Gasteiger partial charge in [0.05, 0.1) is 17.7 Å². The number of carbonyl (C=O) groups is 1. The molecule has 0 aliphatic carbocycles. The van der Waals surface area contributed by atoms with Crippen LogP contribution in [-0.2, 0) is 0 Å². The first kappa shape index (κ1) is 17.7. The highest BCUT2D eigenvalue weighted by Crippen LogP contribution is 2.20. The number of fused-ring (bicyclic) bond motifs is 1. The molecule has 5 heteroatoms. The molecule has 0 saturated heterocycles. The van der Waals surface area contributed by atoms with Crippen molar-refractivity contribution in [2.24, 2.45) is 0 Å². The Hall–Kier alpha value is -3.08. The number of amides is 1. The average molecular weight is 350 g/mol. The highest BCUT2D eigenvalue weighted by molar-refractivity contribution is 6.06. The van der Waals surface area contributed by atoms with Crippen LogP contribution in [0.4, 0.5) is 0 Å². The molecule has 3 rings (SSSR count). The van der Waals surface area contributed by atoms with Crippen LogP contribution >= 0.6 is 0 Å². The minimum atomic E-state index is -0.295. The molecular weight excluding hydrogens is 328 g/mol. The van der Waals surface area contributed by atoms with E-state index in [1.54, 1.807) is 6.07 Å².